The maximum Gasteiger partial charge on any atom is 0.348 e. The minimum Gasteiger partial charge on any atom is -0.504 e. The highest BCUT2D eigenvalue weighted by Gasteiger charge is 2.35. The summed E-state index contributed by atoms with van der Waals surface area (Å²) >= 11 is 0. The minimum atomic E-state index is -0.810. The molecule has 1 aromatic carbocycles. The quantitative estimate of drug-likeness (QED) is 0.633. The summed E-state index contributed by atoms with van der Waals surface area (Å²) in [7, 11) is 2.39. The van der Waals surface area contributed by atoms with E-state index in [1.165, 1.54) is 13.2 Å². The van der Waals surface area contributed by atoms with Crippen molar-refractivity contribution in [3.8, 4) is 34.1 Å². The number of hydrogen-bond acceptors (Lipinski definition) is 8. The lowest BCUT2D eigenvalue weighted by Gasteiger charge is -2.24. The van der Waals surface area contributed by atoms with E-state index in [0.29, 0.717) is 0 Å². The van der Waals surface area contributed by atoms with E-state index in [1.807, 2.05) is 0 Å². The number of esters is 1. The standard InChI is InChI=1S/C18H16O8/c1-4-5-8-6-10-13(18(22)26-8)11-9(7-25-10)12(17(21)24-3)16(23-2)15(20)14(11)19/h4-6,19-20H,7H2,1-3H3/b5-4+. The molecule has 2 heterocycles. The number of rotatable bonds is 3. The fourth-order valence-electron chi connectivity index (χ4n) is 2.90. The Morgan fingerprint density at radius 3 is 2.58 bits per heavy atom. The summed E-state index contributed by atoms with van der Waals surface area (Å²) in [5, 5.41) is 20.7. The van der Waals surface area contributed by atoms with Crippen molar-refractivity contribution >= 4 is 12.0 Å². The fraction of sp³-hybridized carbons (Fsp3) is 0.222. The van der Waals surface area contributed by atoms with Crippen LogP contribution in [0.4, 0.5) is 0 Å². The third-order valence-corrected chi connectivity index (χ3v) is 3.99. The number of phenolic OH excluding ortho intramolecular Hbond substituents is 2. The second-order valence-electron chi connectivity index (χ2n) is 5.41. The normalized spacial score (nSPS) is 12.3. The molecule has 3 rings (SSSR count). The number of aromatic hydroxyl groups is 2. The zero-order chi connectivity index (χ0) is 19.0. The lowest BCUT2D eigenvalue weighted by Crippen LogP contribution is -2.19. The SMILES string of the molecule is C/C=C/c1cc2c(c(=O)o1)-c1c(O)c(O)c(OC)c(C(=O)OC)c1CO2. The maximum atomic E-state index is 12.5. The van der Waals surface area contributed by atoms with Crippen LogP contribution in [-0.4, -0.2) is 30.4 Å². The summed E-state index contributed by atoms with van der Waals surface area (Å²) in [6.45, 7) is 1.62. The monoisotopic (exact) mass is 360 g/mol. The first-order chi connectivity index (χ1) is 12.4. The zero-order valence-electron chi connectivity index (χ0n) is 14.3. The number of carbonyl (C=O) groups is 1. The van der Waals surface area contributed by atoms with Gasteiger partial charge in [-0.1, -0.05) is 6.08 Å². The van der Waals surface area contributed by atoms with Crippen LogP contribution in [0, 0.1) is 0 Å². The van der Waals surface area contributed by atoms with Gasteiger partial charge in [-0.05, 0) is 13.0 Å². The molecule has 2 N–H and O–H groups in total. The summed E-state index contributed by atoms with van der Waals surface area (Å²) in [6.07, 6.45) is 3.26. The molecule has 1 aliphatic rings. The molecule has 1 aromatic heterocycles. The Hall–Kier alpha value is -3.42. The third-order valence-electron chi connectivity index (χ3n) is 3.99. The Labute approximate surface area is 147 Å². The van der Waals surface area contributed by atoms with Gasteiger partial charge in [0.25, 0.3) is 0 Å². The highest BCUT2D eigenvalue weighted by molar-refractivity contribution is 6.00. The first kappa shape index (κ1) is 17.4. The van der Waals surface area contributed by atoms with Gasteiger partial charge in [0.2, 0.25) is 5.75 Å². The molecule has 1 aliphatic heterocycles. The van der Waals surface area contributed by atoms with Crippen molar-refractivity contribution in [2.75, 3.05) is 14.2 Å². The van der Waals surface area contributed by atoms with Crippen molar-refractivity contribution in [3.05, 3.63) is 39.4 Å². The van der Waals surface area contributed by atoms with Crippen LogP contribution in [0.15, 0.2) is 21.4 Å². The van der Waals surface area contributed by atoms with Gasteiger partial charge >= 0.3 is 11.6 Å². The summed E-state index contributed by atoms with van der Waals surface area (Å²) in [5.41, 5.74) is -0.913. The van der Waals surface area contributed by atoms with Gasteiger partial charge in [0, 0.05) is 17.2 Å². The van der Waals surface area contributed by atoms with Gasteiger partial charge in [0.05, 0.1) is 14.2 Å². The lowest BCUT2D eigenvalue weighted by molar-refractivity contribution is 0.0593. The molecule has 2 aromatic rings. The zero-order valence-corrected chi connectivity index (χ0v) is 14.3. The van der Waals surface area contributed by atoms with Crippen molar-refractivity contribution < 1.29 is 33.6 Å². The highest BCUT2D eigenvalue weighted by atomic mass is 16.5. The van der Waals surface area contributed by atoms with Crippen LogP contribution in [0.3, 0.4) is 0 Å². The predicted molar refractivity (Wildman–Crippen MR) is 90.7 cm³/mol. The average Bonchev–Trinajstić information content (AvgIpc) is 2.63. The van der Waals surface area contributed by atoms with E-state index in [4.69, 9.17) is 18.6 Å². The van der Waals surface area contributed by atoms with Crippen molar-refractivity contribution in [2.45, 2.75) is 13.5 Å². The van der Waals surface area contributed by atoms with Crippen LogP contribution in [0.5, 0.6) is 23.0 Å². The summed E-state index contributed by atoms with van der Waals surface area (Å²) in [6, 6.07) is 1.48. The smallest absolute Gasteiger partial charge is 0.348 e. The summed E-state index contributed by atoms with van der Waals surface area (Å²) in [4.78, 5) is 24.7. The van der Waals surface area contributed by atoms with E-state index < -0.39 is 23.1 Å². The fourth-order valence-corrected chi connectivity index (χ4v) is 2.90. The molecule has 0 atom stereocenters. The van der Waals surface area contributed by atoms with E-state index in [1.54, 1.807) is 19.1 Å². The molecule has 8 heteroatoms. The number of hydrogen-bond donors (Lipinski definition) is 2. The van der Waals surface area contributed by atoms with Crippen molar-refractivity contribution in [3.63, 3.8) is 0 Å². The van der Waals surface area contributed by atoms with E-state index in [2.05, 4.69) is 0 Å². The van der Waals surface area contributed by atoms with Gasteiger partial charge in [-0.2, -0.15) is 0 Å². The van der Waals surface area contributed by atoms with E-state index in [-0.39, 0.29) is 46.1 Å². The molecule has 0 aliphatic carbocycles. The largest absolute Gasteiger partial charge is 0.504 e. The maximum absolute atomic E-state index is 12.5. The van der Waals surface area contributed by atoms with Gasteiger partial charge in [-0.15, -0.1) is 0 Å². The molecule has 8 nitrogen and oxygen atoms in total. The summed E-state index contributed by atoms with van der Waals surface area (Å²) in [5.74, 6) is -1.94. The number of ether oxygens (including phenoxy) is 3. The third kappa shape index (κ3) is 2.46. The Morgan fingerprint density at radius 2 is 1.96 bits per heavy atom. The van der Waals surface area contributed by atoms with E-state index >= 15 is 0 Å². The first-order valence-electron chi connectivity index (χ1n) is 7.61. The number of fused-ring (bicyclic) bond motifs is 3. The molecule has 0 saturated heterocycles. The summed E-state index contributed by atoms with van der Waals surface area (Å²) < 4.78 is 20.6. The molecular weight excluding hydrogens is 344 g/mol. The van der Waals surface area contributed by atoms with Gasteiger partial charge in [0.15, 0.2) is 11.5 Å². The molecule has 0 bridgehead atoms. The van der Waals surface area contributed by atoms with Gasteiger partial charge in [0.1, 0.15) is 29.2 Å². The molecule has 0 unspecified atom stereocenters. The Morgan fingerprint density at radius 1 is 1.23 bits per heavy atom. The number of phenols is 2. The van der Waals surface area contributed by atoms with Crippen LogP contribution in [0.1, 0.15) is 28.6 Å². The number of benzene rings is 1. The molecule has 0 saturated carbocycles. The second-order valence-corrected chi connectivity index (χ2v) is 5.41. The second kappa shape index (κ2) is 6.47. The average molecular weight is 360 g/mol. The van der Waals surface area contributed by atoms with Crippen molar-refractivity contribution in [2.24, 2.45) is 0 Å². The van der Waals surface area contributed by atoms with Gasteiger partial charge in [-0.25, -0.2) is 9.59 Å². The van der Waals surface area contributed by atoms with Crippen LogP contribution < -0.4 is 15.1 Å². The molecule has 0 amide bonds. The predicted octanol–water partition coefficient (Wildman–Crippen LogP) is 2.44. The van der Waals surface area contributed by atoms with Crippen LogP contribution in [0.25, 0.3) is 17.2 Å². The first-order valence-corrected chi connectivity index (χ1v) is 7.61. The van der Waals surface area contributed by atoms with Crippen LogP contribution in [0.2, 0.25) is 0 Å². The van der Waals surface area contributed by atoms with Crippen LogP contribution in [-0.2, 0) is 11.3 Å². The van der Waals surface area contributed by atoms with Crippen molar-refractivity contribution in [1.82, 2.24) is 0 Å². The van der Waals surface area contributed by atoms with Crippen LogP contribution >= 0.6 is 0 Å². The molecule has 26 heavy (non-hydrogen) atoms. The molecule has 0 spiro atoms. The Balaban J connectivity index is 2.41. The number of methoxy groups -OCH3 is 2. The lowest BCUT2D eigenvalue weighted by atomic mass is 9.91. The van der Waals surface area contributed by atoms with E-state index in [0.717, 1.165) is 7.11 Å². The highest BCUT2D eigenvalue weighted by Crippen LogP contribution is 2.51. The Bertz CT molecular complexity index is 984. The molecule has 0 fully saturated rings. The Kier molecular flexibility index (Phi) is 4.33. The number of carbonyl (C=O) groups excluding carboxylic acids is 1. The number of allylic oxidation sites excluding steroid dienone is 1. The topological polar surface area (TPSA) is 115 Å². The molecule has 0 radical (unpaired) electrons. The molecule has 136 valence electrons. The molecular formula is C18H16O8. The minimum absolute atomic E-state index is 0.0503. The van der Waals surface area contributed by atoms with Gasteiger partial charge < -0.3 is 28.8 Å². The van der Waals surface area contributed by atoms with E-state index in [9.17, 15) is 19.8 Å². The van der Waals surface area contributed by atoms with Gasteiger partial charge in [-0.3, -0.25) is 0 Å². The van der Waals surface area contributed by atoms with Crippen molar-refractivity contribution in [1.29, 1.82) is 0 Å².